The zero-order valence-electron chi connectivity index (χ0n) is 7.42. The summed E-state index contributed by atoms with van der Waals surface area (Å²) in [6, 6.07) is 2.72. The van der Waals surface area contributed by atoms with Crippen LogP contribution in [0, 0.1) is 6.92 Å². The molecule has 0 aliphatic heterocycles. The summed E-state index contributed by atoms with van der Waals surface area (Å²) in [5.41, 5.74) is 7.43. The van der Waals surface area contributed by atoms with Gasteiger partial charge in [-0.2, -0.15) is 0 Å². The van der Waals surface area contributed by atoms with Crippen LogP contribution in [-0.4, -0.2) is 6.04 Å². The maximum absolute atomic E-state index is 5.88. The molecule has 1 aromatic rings. The van der Waals surface area contributed by atoms with Crippen LogP contribution in [0.4, 0.5) is 0 Å². The van der Waals surface area contributed by atoms with Crippen LogP contribution in [0.15, 0.2) is 11.4 Å². The molecule has 2 unspecified atom stereocenters. The van der Waals surface area contributed by atoms with Gasteiger partial charge >= 0.3 is 0 Å². The van der Waals surface area contributed by atoms with Crippen LogP contribution in [-0.2, 0) is 0 Å². The van der Waals surface area contributed by atoms with E-state index in [0.717, 1.165) is 5.92 Å². The molecule has 66 valence electrons. The molecular weight excluding hydrogens is 166 g/mol. The first-order valence-electron chi connectivity index (χ1n) is 4.57. The third-order valence-electron chi connectivity index (χ3n) is 2.81. The van der Waals surface area contributed by atoms with Gasteiger partial charge in [0.25, 0.3) is 0 Å². The third-order valence-corrected chi connectivity index (χ3v) is 3.67. The Bertz CT molecular complexity index is 267. The molecule has 0 aromatic carbocycles. The maximum atomic E-state index is 5.88. The summed E-state index contributed by atoms with van der Waals surface area (Å²) in [6.07, 6.45) is 3.69. The Balaban J connectivity index is 2.16. The number of hydrogen-bond donors (Lipinski definition) is 1. The quantitative estimate of drug-likeness (QED) is 0.708. The van der Waals surface area contributed by atoms with E-state index in [1.165, 1.54) is 24.1 Å². The van der Waals surface area contributed by atoms with Gasteiger partial charge in [-0.25, -0.2) is 0 Å². The highest BCUT2D eigenvalue weighted by Gasteiger charge is 2.24. The van der Waals surface area contributed by atoms with Crippen LogP contribution < -0.4 is 5.73 Å². The Kier molecular flexibility index (Phi) is 2.20. The van der Waals surface area contributed by atoms with Gasteiger partial charge in [0.15, 0.2) is 0 Å². The molecule has 1 nitrogen and oxygen atoms in total. The minimum absolute atomic E-state index is 0.453. The van der Waals surface area contributed by atoms with E-state index >= 15 is 0 Å². The number of thiophene rings is 1. The second-order valence-corrected chi connectivity index (χ2v) is 4.82. The van der Waals surface area contributed by atoms with E-state index in [2.05, 4.69) is 18.4 Å². The molecule has 0 saturated heterocycles. The van der Waals surface area contributed by atoms with Crippen LogP contribution in [0.2, 0.25) is 0 Å². The molecule has 0 amide bonds. The van der Waals surface area contributed by atoms with Gasteiger partial charge in [0, 0.05) is 10.9 Å². The summed E-state index contributed by atoms with van der Waals surface area (Å²) < 4.78 is 0. The molecule has 2 atom stereocenters. The number of nitrogens with two attached hydrogens (primary N) is 1. The molecule has 1 aliphatic carbocycles. The van der Waals surface area contributed by atoms with Crippen LogP contribution >= 0.6 is 11.3 Å². The van der Waals surface area contributed by atoms with Crippen molar-refractivity contribution in [3.63, 3.8) is 0 Å². The van der Waals surface area contributed by atoms with Crippen LogP contribution in [0.3, 0.4) is 0 Å². The normalized spacial score (nSPS) is 29.5. The Labute approximate surface area is 77.6 Å². The summed E-state index contributed by atoms with van der Waals surface area (Å²) in [5, 5.41) is 2.19. The van der Waals surface area contributed by atoms with Crippen molar-refractivity contribution in [3.05, 3.63) is 21.9 Å². The Hall–Kier alpha value is -0.340. The van der Waals surface area contributed by atoms with Crippen LogP contribution in [0.25, 0.3) is 0 Å². The van der Waals surface area contributed by atoms with Crippen molar-refractivity contribution in [2.45, 2.75) is 38.1 Å². The van der Waals surface area contributed by atoms with Gasteiger partial charge in [0.2, 0.25) is 0 Å². The number of rotatable bonds is 1. The molecule has 2 N–H and O–H groups in total. The third kappa shape index (κ3) is 1.41. The van der Waals surface area contributed by atoms with Gasteiger partial charge in [0.1, 0.15) is 0 Å². The first-order valence-corrected chi connectivity index (χ1v) is 5.45. The molecule has 1 fully saturated rings. The second-order valence-electron chi connectivity index (χ2n) is 3.70. The molecule has 12 heavy (non-hydrogen) atoms. The molecule has 2 rings (SSSR count). The van der Waals surface area contributed by atoms with Crippen molar-refractivity contribution in [1.29, 1.82) is 0 Å². The molecule has 0 spiro atoms. The lowest BCUT2D eigenvalue weighted by Crippen LogP contribution is -2.14. The second kappa shape index (κ2) is 3.19. The fraction of sp³-hybridized carbons (Fsp3) is 0.600. The molecular formula is C10H15NS. The van der Waals surface area contributed by atoms with Crippen molar-refractivity contribution in [2.24, 2.45) is 5.73 Å². The molecule has 1 aromatic heterocycles. The van der Waals surface area contributed by atoms with Crippen molar-refractivity contribution in [1.82, 2.24) is 0 Å². The average Bonchev–Trinajstić information content (AvgIpc) is 2.58. The lowest BCUT2D eigenvalue weighted by Gasteiger charge is -2.08. The van der Waals surface area contributed by atoms with Crippen molar-refractivity contribution >= 4 is 11.3 Å². The van der Waals surface area contributed by atoms with Crippen molar-refractivity contribution in [2.75, 3.05) is 0 Å². The summed E-state index contributed by atoms with van der Waals surface area (Å²) in [6.45, 7) is 2.21. The standard InChI is InChI=1S/C10H15NS/c1-7-10(4-5-12-7)8-2-3-9(11)6-8/h4-5,8-9H,2-3,6,11H2,1H3. The summed E-state index contributed by atoms with van der Waals surface area (Å²) in [7, 11) is 0. The lowest BCUT2D eigenvalue weighted by atomic mass is 9.98. The molecule has 2 heteroatoms. The minimum Gasteiger partial charge on any atom is -0.328 e. The number of hydrogen-bond acceptors (Lipinski definition) is 2. The fourth-order valence-corrected chi connectivity index (χ4v) is 2.91. The summed E-state index contributed by atoms with van der Waals surface area (Å²) >= 11 is 1.85. The van der Waals surface area contributed by atoms with Crippen LogP contribution in [0.1, 0.15) is 35.6 Å². The molecule has 1 heterocycles. The highest BCUT2D eigenvalue weighted by molar-refractivity contribution is 7.10. The largest absolute Gasteiger partial charge is 0.328 e. The Morgan fingerprint density at radius 3 is 2.83 bits per heavy atom. The molecule has 1 saturated carbocycles. The Morgan fingerprint density at radius 1 is 1.50 bits per heavy atom. The highest BCUT2D eigenvalue weighted by atomic mass is 32.1. The van der Waals surface area contributed by atoms with E-state index in [4.69, 9.17) is 5.73 Å². The smallest absolute Gasteiger partial charge is 0.00490 e. The zero-order valence-corrected chi connectivity index (χ0v) is 8.23. The van der Waals surface area contributed by atoms with Crippen LogP contribution in [0.5, 0.6) is 0 Å². The van der Waals surface area contributed by atoms with Gasteiger partial charge < -0.3 is 5.73 Å². The first kappa shape index (κ1) is 8.27. The number of aryl methyl sites for hydroxylation is 1. The SMILES string of the molecule is Cc1sccc1C1CCC(N)C1. The molecule has 0 bridgehead atoms. The molecule has 1 aliphatic rings. The predicted octanol–water partition coefficient (Wildman–Crippen LogP) is 2.65. The van der Waals surface area contributed by atoms with E-state index < -0.39 is 0 Å². The van der Waals surface area contributed by atoms with E-state index in [-0.39, 0.29) is 0 Å². The Morgan fingerprint density at radius 2 is 2.33 bits per heavy atom. The van der Waals surface area contributed by atoms with Crippen molar-refractivity contribution < 1.29 is 0 Å². The summed E-state index contributed by atoms with van der Waals surface area (Å²) in [5.74, 6) is 0.756. The van der Waals surface area contributed by atoms with E-state index in [1.54, 1.807) is 5.56 Å². The first-order chi connectivity index (χ1) is 5.77. The molecule has 0 radical (unpaired) electrons. The van der Waals surface area contributed by atoms with E-state index in [9.17, 15) is 0 Å². The summed E-state index contributed by atoms with van der Waals surface area (Å²) in [4.78, 5) is 1.48. The van der Waals surface area contributed by atoms with Gasteiger partial charge in [0.05, 0.1) is 0 Å². The highest BCUT2D eigenvalue weighted by Crippen LogP contribution is 2.36. The van der Waals surface area contributed by atoms with E-state index in [1.807, 2.05) is 11.3 Å². The maximum Gasteiger partial charge on any atom is 0.00490 e. The topological polar surface area (TPSA) is 26.0 Å². The minimum atomic E-state index is 0.453. The van der Waals surface area contributed by atoms with E-state index in [0.29, 0.717) is 6.04 Å². The monoisotopic (exact) mass is 181 g/mol. The average molecular weight is 181 g/mol. The van der Waals surface area contributed by atoms with Gasteiger partial charge in [-0.1, -0.05) is 0 Å². The van der Waals surface area contributed by atoms with Gasteiger partial charge in [-0.05, 0) is 49.1 Å². The zero-order chi connectivity index (χ0) is 8.55. The lowest BCUT2D eigenvalue weighted by molar-refractivity contribution is 0.674. The predicted molar refractivity (Wildman–Crippen MR) is 53.6 cm³/mol. The van der Waals surface area contributed by atoms with Gasteiger partial charge in [-0.15, -0.1) is 11.3 Å². The van der Waals surface area contributed by atoms with Crippen molar-refractivity contribution in [3.8, 4) is 0 Å². The fourth-order valence-electron chi connectivity index (χ4n) is 2.12. The van der Waals surface area contributed by atoms with Gasteiger partial charge in [-0.3, -0.25) is 0 Å².